The molecule has 0 heteroatoms. The van der Waals surface area contributed by atoms with Crippen LogP contribution in [0.15, 0.2) is 61.2 Å². The van der Waals surface area contributed by atoms with Crippen molar-refractivity contribution in [3.63, 3.8) is 0 Å². The molecule has 0 aliphatic rings. The lowest BCUT2D eigenvalue weighted by Gasteiger charge is -2.02. The van der Waals surface area contributed by atoms with E-state index in [2.05, 4.69) is 75.9 Å². The summed E-state index contributed by atoms with van der Waals surface area (Å²) in [6.45, 7) is 17.8. The summed E-state index contributed by atoms with van der Waals surface area (Å²) in [6, 6.07) is 17.2. The topological polar surface area (TPSA) is 0 Å². The largest absolute Gasteiger partial charge is 0.103 e. The minimum Gasteiger partial charge on any atom is -0.103 e. The fourth-order valence-corrected chi connectivity index (χ4v) is 1.57. The Labute approximate surface area is 138 Å². The molecule has 0 N–H and O–H groups in total. The van der Waals surface area contributed by atoms with Gasteiger partial charge in [0.15, 0.2) is 0 Å². The molecule has 0 saturated carbocycles. The summed E-state index contributed by atoms with van der Waals surface area (Å²) in [4.78, 5) is 0. The van der Waals surface area contributed by atoms with Crippen LogP contribution in [0.3, 0.4) is 0 Å². The van der Waals surface area contributed by atoms with Gasteiger partial charge in [-0.2, -0.15) is 0 Å². The number of allylic oxidation sites excluding steroid dienone is 1. The molecule has 2 rings (SSSR count). The van der Waals surface area contributed by atoms with E-state index in [9.17, 15) is 0 Å². The molecule has 0 saturated heterocycles. The molecule has 0 amide bonds. The van der Waals surface area contributed by atoms with Gasteiger partial charge in [0.05, 0.1) is 0 Å². The number of hydrogen-bond acceptors (Lipinski definition) is 0. The minimum absolute atomic E-state index is 1.08. The lowest BCUT2D eigenvalue weighted by Crippen LogP contribution is -1.79. The molecular formula is C22H34. The molecule has 2 aromatic carbocycles. The smallest absolute Gasteiger partial charge is 0.0181 e. The zero-order valence-electron chi connectivity index (χ0n) is 15.6. The summed E-state index contributed by atoms with van der Waals surface area (Å²) in [5, 5.41) is 0. The molecule has 0 nitrogen and oxygen atoms in total. The maximum atomic E-state index is 3.48. The average molecular weight is 299 g/mol. The van der Waals surface area contributed by atoms with Gasteiger partial charge in [0, 0.05) is 0 Å². The Morgan fingerprint density at radius 2 is 1.27 bits per heavy atom. The average Bonchev–Trinajstić information content (AvgIpc) is 2.59. The van der Waals surface area contributed by atoms with E-state index < -0.39 is 0 Å². The zero-order chi connectivity index (χ0) is 17.4. The predicted molar refractivity (Wildman–Crippen MR) is 105 cm³/mol. The first-order chi connectivity index (χ1) is 10.7. The summed E-state index contributed by atoms with van der Waals surface area (Å²) in [5.41, 5.74) is 5.20. The first kappa shape index (κ1) is 22.5. The summed E-state index contributed by atoms with van der Waals surface area (Å²) in [6.07, 6.45) is 2.96. The summed E-state index contributed by atoms with van der Waals surface area (Å²) in [5.74, 6) is 0. The third-order valence-corrected chi connectivity index (χ3v) is 2.69. The van der Waals surface area contributed by atoms with Crippen LogP contribution in [0.2, 0.25) is 0 Å². The Hall–Kier alpha value is -1.82. The summed E-state index contributed by atoms with van der Waals surface area (Å²) < 4.78 is 0. The molecule has 22 heavy (non-hydrogen) atoms. The monoisotopic (exact) mass is 298 g/mol. The lowest BCUT2D eigenvalue weighted by molar-refractivity contribution is 1.23. The first-order valence-electron chi connectivity index (χ1n) is 8.42. The Morgan fingerprint density at radius 3 is 1.68 bits per heavy atom. The summed E-state index contributed by atoms with van der Waals surface area (Å²) in [7, 11) is 0. The van der Waals surface area contributed by atoms with Crippen LogP contribution in [-0.4, -0.2) is 0 Å². The number of rotatable bonds is 2. The van der Waals surface area contributed by atoms with Crippen molar-refractivity contribution in [2.24, 2.45) is 0 Å². The standard InChI is InChI=1S/C14H14.C4H8.2C2H6/c1-11-6-8-13(9-7-11)14-5-3-4-12(2)10-14;1-3-4-2;2*1-2/h3-10H,1-2H3;3H,1,4H2,2H3;2*1-2H3. The third kappa shape index (κ3) is 9.99. The van der Waals surface area contributed by atoms with Crippen LogP contribution in [0.4, 0.5) is 0 Å². The highest BCUT2D eigenvalue weighted by molar-refractivity contribution is 5.64. The van der Waals surface area contributed by atoms with Gasteiger partial charge in [-0.25, -0.2) is 0 Å². The van der Waals surface area contributed by atoms with Gasteiger partial charge in [0.25, 0.3) is 0 Å². The van der Waals surface area contributed by atoms with Crippen LogP contribution in [0.5, 0.6) is 0 Å². The second kappa shape index (κ2) is 15.6. The van der Waals surface area contributed by atoms with Gasteiger partial charge >= 0.3 is 0 Å². The van der Waals surface area contributed by atoms with Crippen LogP contribution in [0.1, 0.15) is 52.2 Å². The van der Waals surface area contributed by atoms with Crippen molar-refractivity contribution in [2.75, 3.05) is 0 Å². The molecule has 0 atom stereocenters. The molecule has 122 valence electrons. The Bertz CT molecular complexity index is 478. The van der Waals surface area contributed by atoms with Gasteiger partial charge in [-0.1, -0.05) is 100 Å². The molecule has 0 unspecified atom stereocenters. The molecule has 0 fully saturated rings. The van der Waals surface area contributed by atoms with Gasteiger partial charge < -0.3 is 0 Å². The Kier molecular flexibility index (Phi) is 15.9. The molecule has 0 radical (unpaired) electrons. The molecule has 0 bridgehead atoms. The van der Waals surface area contributed by atoms with Gasteiger partial charge in [-0.15, -0.1) is 6.58 Å². The molecule has 0 aromatic heterocycles. The van der Waals surface area contributed by atoms with Crippen molar-refractivity contribution in [2.45, 2.75) is 54.9 Å². The quantitative estimate of drug-likeness (QED) is 0.500. The third-order valence-electron chi connectivity index (χ3n) is 2.69. The van der Waals surface area contributed by atoms with Gasteiger partial charge in [-0.05, 0) is 31.4 Å². The van der Waals surface area contributed by atoms with Crippen LogP contribution in [-0.2, 0) is 0 Å². The summed E-state index contributed by atoms with van der Waals surface area (Å²) >= 11 is 0. The van der Waals surface area contributed by atoms with E-state index in [0.29, 0.717) is 0 Å². The number of hydrogen-bond donors (Lipinski definition) is 0. The second-order valence-electron chi connectivity index (χ2n) is 4.43. The maximum absolute atomic E-state index is 3.48. The van der Waals surface area contributed by atoms with E-state index in [4.69, 9.17) is 0 Å². The van der Waals surface area contributed by atoms with E-state index in [0.717, 1.165) is 6.42 Å². The van der Waals surface area contributed by atoms with Crippen LogP contribution >= 0.6 is 0 Å². The SMILES string of the molecule is C=CCC.CC.CC.Cc1ccc(-c2cccc(C)c2)cc1. The fraction of sp³-hybridized carbons (Fsp3) is 0.364. The van der Waals surface area contributed by atoms with Crippen LogP contribution in [0.25, 0.3) is 11.1 Å². The van der Waals surface area contributed by atoms with E-state index in [1.807, 2.05) is 33.8 Å². The minimum atomic E-state index is 1.08. The first-order valence-corrected chi connectivity index (χ1v) is 8.42. The number of aryl methyl sites for hydroxylation is 2. The number of benzene rings is 2. The van der Waals surface area contributed by atoms with E-state index >= 15 is 0 Å². The zero-order valence-corrected chi connectivity index (χ0v) is 15.6. The maximum Gasteiger partial charge on any atom is -0.0181 e. The molecule has 0 heterocycles. The van der Waals surface area contributed by atoms with Gasteiger partial charge in [-0.3, -0.25) is 0 Å². The second-order valence-corrected chi connectivity index (χ2v) is 4.43. The van der Waals surface area contributed by atoms with Crippen molar-refractivity contribution in [1.29, 1.82) is 0 Å². The van der Waals surface area contributed by atoms with Gasteiger partial charge in [0.2, 0.25) is 0 Å². The van der Waals surface area contributed by atoms with Crippen molar-refractivity contribution < 1.29 is 0 Å². The highest BCUT2D eigenvalue weighted by Gasteiger charge is 1.96. The molecule has 0 spiro atoms. The van der Waals surface area contributed by atoms with E-state index in [1.165, 1.54) is 22.3 Å². The van der Waals surface area contributed by atoms with Crippen LogP contribution in [0, 0.1) is 13.8 Å². The Morgan fingerprint density at radius 1 is 0.773 bits per heavy atom. The highest BCUT2D eigenvalue weighted by atomic mass is 14.0. The van der Waals surface area contributed by atoms with Crippen molar-refractivity contribution >= 4 is 0 Å². The molecular weight excluding hydrogens is 264 g/mol. The predicted octanol–water partition coefficient (Wildman–Crippen LogP) is 7.61. The highest BCUT2D eigenvalue weighted by Crippen LogP contribution is 2.20. The fourth-order valence-electron chi connectivity index (χ4n) is 1.57. The molecule has 2 aromatic rings. The van der Waals surface area contributed by atoms with Crippen molar-refractivity contribution in [1.82, 2.24) is 0 Å². The Balaban J connectivity index is 0. The van der Waals surface area contributed by atoms with Gasteiger partial charge in [0.1, 0.15) is 0 Å². The van der Waals surface area contributed by atoms with Crippen molar-refractivity contribution in [3.8, 4) is 11.1 Å². The van der Waals surface area contributed by atoms with E-state index in [-0.39, 0.29) is 0 Å². The van der Waals surface area contributed by atoms with E-state index in [1.54, 1.807) is 0 Å². The van der Waals surface area contributed by atoms with Crippen molar-refractivity contribution in [3.05, 3.63) is 72.3 Å². The normalized spacial score (nSPS) is 8.14. The lowest BCUT2D eigenvalue weighted by atomic mass is 10.0. The van der Waals surface area contributed by atoms with Crippen LogP contribution < -0.4 is 0 Å². The molecule has 0 aliphatic heterocycles. The molecule has 0 aliphatic carbocycles.